The van der Waals surface area contributed by atoms with Crippen LogP contribution in [-0.4, -0.2) is 40.7 Å². The summed E-state index contributed by atoms with van der Waals surface area (Å²) in [5.74, 6) is 0.134. The summed E-state index contributed by atoms with van der Waals surface area (Å²) in [6.07, 6.45) is 4.92. The lowest BCUT2D eigenvalue weighted by Crippen LogP contribution is -2.47. The van der Waals surface area contributed by atoms with E-state index in [4.69, 9.17) is 23.2 Å². The van der Waals surface area contributed by atoms with Crippen LogP contribution >= 0.6 is 23.2 Å². The van der Waals surface area contributed by atoms with Gasteiger partial charge in [0.1, 0.15) is 5.75 Å². The summed E-state index contributed by atoms with van der Waals surface area (Å²) in [4.78, 5) is 12.6. The largest absolute Gasteiger partial charge is 0.508 e. The number of carbonyl (C=O) groups is 1. The Kier molecular flexibility index (Phi) is 4.81. The van der Waals surface area contributed by atoms with E-state index >= 15 is 0 Å². The van der Waals surface area contributed by atoms with Crippen molar-refractivity contribution in [1.82, 2.24) is 10.0 Å². The number of hydrogen-bond acceptors (Lipinski definition) is 3. The van der Waals surface area contributed by atoms with Crippen LogP contribution in [0.3, 0.4) is 0 Å². The number of phenolic OH excluding ortho intramolecular Hbond substituents is 1. The molecule has 1 aromatic rings. The van der Waals surface area contributed by atoms with Crippen LogP contribution in [0.4, 0.5) is 0 Å². The molecule has 0 spiro atoms. The predicted octanol–water partition coefficient (Wildman–Crippen LogP) is 3.49. The van der Waals surface area contributed by atoms with E-state index in [1.807, 2.05) is 5.01 Å². The average Bonchev–Trinajstić information content (AvgIpc) is 2.85. The minimum atomic E-state index is -0.0820. The van der Waals surface area contributed by atoms with Crippen LogP contribution in [0.1, 0.15) is 31.2 Å². The molecule has 120 valence electrons. The van der Waals surface area contributed by atoms with Crippen LogP contribution in [-0.2, 0) is 11.2 Å². The molecule has 1 amide bonds. The van der Waals surface area contributed by atoms with Crippen molar-refractivity contribution >= 4 is 29.1 Å². The van der Waals surface area contributed by atoms with E-state index in [0.29, 0.717) is 16.5 Å². The van der Waals surface area contributed by atoms with E-state index in [0.717, 1.165) is 44.5 Å². The quantitative estimate of drug-likeness (QED) is 0.914. The molecular weight excluding hydrogens is 323 g/mol. The summed E-state index contributed by atoms with van der Waals surface area (Å²) >= 11 is 12.3. The van der Waals surface area contributed by atoms with Crippen molar-refractivity contribution in [3.05, 3.63) is 27.7 Å². The number of hydrazine groups is 1. The predicted molar refractivity (Wildman–Crippen MR) is 87.1 cm³/mol. The molecule has 0 aromatic heterocycles. The monoisotopic (exact) mass is 342 g/mol. The highest BCUT2D eigenvalue weighted by Crippen LogP contribution is 2.34. The van der Waals surface area contributed by atoms with Crippen LogP contribution in [0.5, 0.6) is 5.75 Å². The number of benzene rings is 1. The van der Waals surface area contributed by atoms with Gasteiger partial charge in [0.15, 0.2) is 0 Å². The van der Waals surface area contributed by atoms with Crippen molar-refractivity contribution in [2.45, 2.75) is 32.1 Å². The molecule has 2 aliphatic rings. The maximum Gasteiger partial charge on any atom is 0.240 e. The number of hydrogen-bond donors (Lipinski definition) is 1. The Labute approximate surface area is 140 Å². The van der Waals surface area contributed by atoms with Gasteiger partial charge in [0.2, 0.25) is 5.91 Å². The minimum absolute atomic E-state index is 0.0476. The molecule has 0 aliphatic carbocycles. The number of nitrogens with zero attached hydrogens (tertiary/aromatic N) is 2. The minimum Gasteiger partial charge on any atom is -0.508 e. The highest BCUT2D eigenvalue weighted by atomic mass is 35.5. The smallest absolute Gasteiger partial charge is 0.240 e. The molecule has 6 heteroatoms. The van der Waals surface area contributed by atoms with Gasteiger partial charge in [0.25, 0.3) is 0 Å². The van der Waals surface area contributed by atoms with E-state index < -0.39 is 0 Å². The van der Waals surface area contributed by atoms with E-state index in [1.165, 1.54) is 18.6 Å². The summed E-state index contributed by atoms with van der Waals surface area (Å²) in [7, 11) is 0. The van der Waals surface area contributed by atoms with Crippen LogP contribution in [0.2, 0.25) is 10.0 Å². The van der Waals surface area contributed by atoms with Gasteiger partial charge in [-0.25, -0.2) is 5.01 Å². The first-order chi connectivity index (χ1) is 10.6. The zero-order valence-corrected chi connectivity index (χ0v) is 13.9. The van der Waals surface area contributed by atoms with Crippen molar-refractivity contribution < 1.29 is 9.90 Å². The molecule has 4 nitrogen and oxygen atoms in total. The Bertz CT molecular complexity index is 550. The third kappa shape index (κ3) is 3.19. The van der Waals surface area contributed by atoms with Crippen LogP contribution in [0.25, 0.3) is 0 Å². The first-order valence-electron chi connectivity index (χ1n) is 7.79. The second-order valence-electron chi connectivity index (χ2n) is 6.05. The summed E-state index contributed by atoms with van der Waals surface area (Å²) in [6, 6.07) is 2.95. The third-order valence-corrected chi connectivity index (χ3v) is 5.22. The van der Waals surface area contributed by atoms with Gasteiger partial charge in [-0.1, -0.05) is 29.6 Å². The van der Waals surface area contributed by atoms with Gasteiger partial charge in [0.05, 0.1) is 0 Å². The van der Waals surface area contributed by atoms with Crippen LogP contribution < -0.4 is 0 Å². The molecule has 2 heterocycles. The lowest BCUT2D eigenvalue weighted by Gasteiger charge is -2.34. The molecular formula is C16H20Cl2N2O2. The summed E-state index contributed by atoms with van der Waals surface area (Å²) in [5.41, 5.74) is 0.750. The third-order valence-electron chi connectivity index (χ3n) is 4.54. The summed E-state index contributed by atoms with van der Waals surface area (Å²) in [5, 5.41) is 14.4. The Morgan fingerprint density at radius 3 is 2.36 bits per heavy atom. The van der Waals surface area contributed by atoms with Crippen molar-refractivity contribution in [3.63, 3.8) is 0 Å². The molecule has 0 radical (unpaired) electrons. The molecule has 1 atom stereocenters. The summed E-state index contributed by atoms with van der Waals surface area (Å²) in [6.45, 7) is 2.72. The van der Waals surface area contributed by atoms with Gasteiger partial charge >= 0.3 is 0 Å². The number of piperidine rings is 1. The standard InChI is InChI=1S/C16H20Cl2N2O2/c17-14-9-12(21)10-15(18)13(14)8-11-4-7-20(16(11)22)19-5-2-1-3-6-19/h9-11,21H,1-8H2/t11-/m0/s1. The molecule has 2 fully saturated rings. The van der Waals surface area contributed by atoms with Crippen molar-refractivity contribution in [3.8, 4) is 5.75 Å². The van der Waals surface area contributed by atoms with Gasteiger partial charge in [-0.2, -0.15) is 0 Å². The Balaban J connectivity index is 1.71. The average molecular weight is 343 g/mol. The molecule has 22 heavy (non-hydrogen) atoms. The lowest BCUT2D eigenvalue weighted by molar-refractivity contribution is -0.147. The Morgan fingerprint density at radius 1 is 1.09 bits per heavy atom. The molecule has 2 aliphatic heterocycles. The van der Waals surface area contributed by atoms with Crippen LogP contribution in [0.15, 0.2) is 12.1 Å². The maximum absolute atomic E-state index is 12.6. The fraction of sp³-hybridized carbons (Fsp3) is 0.562. The highest BCUT2D eigenvalue weighted by Gasteiger charge is 2.36. The SMILES string of the molecule is O=C1[C@H](Cc2c(Cl)cc(O)cc2Cl)CCN1N1CCCCC1. The number of aromatic hydroxyl groups is 1. The van der Waals surface area contributed by atoms with E-state index in [9.17, 15) is 9.90 Å². The first kappa shape index (κ1) is 15.9. The van der Waals surface area contributed by atoms with Gasteiger partial charge in [-0.15, -0.1) is 0 Å². The zero-order valence-electron chi connectivity index (χ0n) is 12.4. The molecule has 1 N–H and O–H groups in total. The van der Waals surface area contributed by atoms with Gasteiger partial charge in [-0.3, -0.25) is 9.80 Å². The number of carbonyl (C=O) groups excluding carboxylic acids is 1. The molecule has 2 saturated heterocycles. The van der Waals surface area contributed by atoms with Gasteiger partial charge < -0.3 is 5.11 Å². The Hall–Kier alpha value is -0.970. The first-order valence-corrected chi connectivity index (χ1v) is 8.55. The molecule has 0 saturated carbocycles. The van der Waals surface area contributed by atoms with E-state index in [2.05, 4.69) is 5.01 Å². The maximum atomic E-state index is 12.6. The normalized spacial score (nSPS) is 23.3. The number of halogens is 2. The topological polar surface area (TPSA) is 43.8 Å². The number of phenols is 1. The highest BCUT2D eigenvalue weighted by molar-refractivity contribution is 6.36. The molecule has 0 unspecified atom stereocenters. The fourth-order valence-corrected chi connectivity index (χ4v) is 3.97. The molecule has 0 bridgehead atoms. The lowest BCUT2D eigenvalue weighted by atomic mass is 9.98. The van der Waals surface area contributed by atoms with E-state index in [-0.39, 0.29) is 17.6 Å². The van der Waals surface area contributed by atoms with Gasteiger partial charge in [-0.05, 0) is 43.4 Å². The van der Waals surface area contributed by atoms with Crippen LogP contribution in [0, 0.1) is 5.92 Å². The number of rotatable bonds is 3. The summed E-state index contributed by atoms with van der Waals surface area (Å²) < 4.78 is 0. The fourth-order valence-electron chi connectivity index (χ4n) is 3.34. The van der Waals surface area contributed by atoms with Crippen molar-refractivity contribution in [2.24, 2.45) is 5.92 Å². The van der Waals surface area contributed by atoms with Gasteiger partial charge in [0, 0.05) is 35.6 Å². The second-order valence-corrected chi connectivity index (χ2v) is 6.87. The Morgan fingerprint density at radius 2 is 1.73 bits per heavy atom. The van der Waals surface area contributed by atoms with E-state index in [1.54, 1.807) is 0 Å². The number of amides is 1. The van der Waals surface area contributed by atoms with Crippen molar-refractivity contribution in [2.75, 3.05) is 19.6 Å². The zero-order chi connectivity index (χ0) is 15.7. The van der Waals surface area contributed by atoms with Crippen molar-refractivity contribution in [1.29, 1.82) is 0 Å². The molecule has 3 rings (SSSR count). The molecule has 1 aromatic carbocycles. The second kappa shape index (κ2) is 6.65.